The average Bonchev–Trinajstić information content (AvgIpc) is 1.94. The lowest BCUT2D eigenvalue weighted by molar-refractivity contribution is -0.275. The summed E-state index contributed by atoms with van der Waals surface area (Å²) in [6.45, 7) is 1.60. The van der Waals surface area contributed by atoms with Gasteiger partial charge in [0.1, 0.15) is 0 Å². The van der Waals surface area contributed by atoms with Gasteiger partial charge in [-0.05, 0) is 24.6 Å². The Morgan fingerprint density at radius 2 is 1.92 bits per heavy atom. The summed E-state index contributed by atoms with van der Waals surface area (Å²) < 4.78 is 38.7. The van der Waals surface area contributed by atoms with Crippen LogP contribution in [-0.2, 0) is 0 Å². The Morgan fingerprint density at radius 3 is 2.46 bits per heavy atom. The first-order valence-electron chi connectivity index (χ1n) is 3.44. The summed E-state index contributed by atoms with van der Waals surface area (Å²) in [5, 5.41) is 8.97. The summed E-state index contributed by atoms with van der Waals surface area (Å²) in [5.74, 6) is -1.10. The molecular weight excluding hydrogens is 185 g/mol. The second-order valence-electron chi connectivity index (χ2n) is 2.52. The highest BCUT2D eigenvalue weighted by Gasteiger charge is 2.32. The predicted molar refractivity (Wildman–Crippen MR) is 39.5 cm³/mol. The molecule has 0 aliphatic carbocycles. The number of aryl methyl sites for hydroxylation is 1. The van der Waals surface area contributed by atoms with Gasteiger partial charge in [-0.1, -0.05) is 6.07 Å². The lowest BCUT2D eigenvalue weighted by atomic mass is 10.2. The van der Waals surface area contributed by atoms with E-state index in [0.717, 1.165) is 12.1 Å². The molecule has 0 fully saturated rings. The Morgan fingerprint density at radius 1 is 1.31 bits per heavy atom. The smallest absolute Gasteiger partial charge is 0.504 e. The molecule has 5 heteroatoms. The van der Waals surface area contributed by atoms with Crippen molar-refractivity contribution in [2.45, 2.75) is 13.3 Å². The van der Waals surface area contributed by atoms with E-state index < -0.39 is 17.9 Å². The molecule has 0 bridgehead atoms. The van der Waals surface area contributed by atoms with Crippen LogP contribution in [0.1, 0.15) is 5.56 Å². The first-order chi connectivity index (χ1) is 5.88. The van der Waals surface area contributed by atoms with Gasteiger partial charge in [0.05, 0.1) is 0 Å². The number of rotatable bonds is 1. The van der Waals surface area contributed by atoms with Crippen molar-refractivity contribution in [2.75, 3.05) is 0 Å². The molecule has 0 unspecified atom stereocenters. The van der Waals surface area contributed by atoms with E-state index in [-0.39, 0.29) is 0 Å². The standard InChI is InChI=1S/C8H7F3O2/c1-5-2-3-6(12)7(4-5)13-8(9,10)11/h2-4,12H,1H3. The number of hydrogen-bond acceptors (Lipinski definition) is 2. The minimum atomic E-state index is -4.77. The van der Waals surface area contributed by atoms with Crippen LogP contribution in [0.2, 0.25) is 0 Å². The van der Waals surface area contributed by atoms with Gasteiger partial charge in [0.15, 0.2) is 11.5 Å². The maximum atomic E-state index is 11.7. The summed E-state index contributed by atoms with van der Waals surface area (Å²) in [4.78, 5) is 0. The Kier molecular flexibility index (Phi) is 2.36. The van der Waals surface area contributed by atoms with Gasteiger partial charge in [0.2, 0.25) is 0 Å². The zero-order chi connectivity index (χ0) is 10.1. The molecule has 2 nitrogen and oxygen atoms in total. The van der Waals surface area contributed by atoms with Crippen molar-refractivity contribution in [3.63, 3.8) is 0 Å². The molecule has 0 aliphatic heterocycles. The molecule has 0 atom stereocenters. The van der Waals surface area contributed by atoms with Gasteiger partial charge in [-0.3, -0.25) is 0 Å². The maximum absolute atomic E-state index is 11.7. The Balaban J connectivity index is 2.94. The first kappa shape index (κ1) is 9.70. The fourth-order valence-electron chi connectivity index (χ4n) is 0.828. The fourth-order valence-corrected chi connectivity index (χ4v) is 0.828. The molecule has 0 aromatic heterocycles. The second kappa shape index (κ2) is 3.16. The average molecular weight is 192 g/mol. The highest BCUT2D eigenvalue weighted by atomic mass is 19.4. The summed E-state index contributed by atoms with van der Waals surface area (Å²) in [7, 11) is 0. The molecule has 1 aromatic rings. The minimum Gasteiger partial charge on any atom is -0.504 e. The highest BCUT2D eigenvalue weighted by molar-refractivity contribution is 5.41. The van der Waals surface area contributed by atoms with E-state index in [9.17, 15) is 13.2 Å². The molecule has 1 aromatic carbocycles. The van der Waals surface area contributed by atoms with E-state index in [4.69, 9.17) is 5.11 Å². The Hall–Kier alpha value is -1.39. The fraction of sp³-hybridized carbons (Fsp3) is 0.250. The van der Waals surface area contributed by atoms with Gasteiger partial charge in [-0.15, -0.1) is 13.2 Å². The number of aromatic hydroxyl groups is 1. The number of halogens is 3. The van der Waals surface area contributed by atoms with Gasteiger partial charge in [0, 0.05) is 0 Å². The maximum Gasteiger partial charge on any atom is 0.573 e. The highest BCUT2D eigenvalue weighted by Crippen LogP contribution is 2.31. The van der Waals surface area contributed by atoms with Crippen molar-refractivity contribution in [1.29, 1.82) is 0 Å². The van der Waals surface area contributed by atoms with Gasteiger partial charge >= 0.3 is 6.36 Å². The van der Waals surface area contributed by atoms with Crippen LogP contribution in [0.3, 0.4) is 0 Å². The molecule has 0 saturated heterocycles. The van der Waals surface area contributed by atoms with Crippen molar-refractivity contribution >= 4 is 0 Å². The quantitative estimate of drug-likeness (QED) is 0.741. The monoisotopic (exact) mass is 192 g/mol. The number of benzene rings is 1. The number of phenolic OH excluding ortho intramolecular Hbond substituents is 1. The molecule has 0 saturated carbocycles. The Labute approximate surface area is 72.6 Å². The number of phenols is 1. The van der Waals surface area contributed by atoms with Crippen LogP contribution in [0.15, 0.2) is 18.2 Å². The van der Waals surface area contributed by atoms with Crippen LogP contribution in [0.4, 0.5) is 13.2 Å². The Bertz CT molecular complexity index is 307. The van der Waals surface area contributed by atoms with Gasteiger partial charge in [-0.25, -0.2) is 0 Å². The number of hydrogen-bond donors (Lipinski definition) is 1. The molecular formula is C8H7F3O2. The van der Waals surface area contributed by atoms with Crippen molar-refractivity contribution < 1.29 is 23.0 Å². The third-order valence-corrected chi connectivity index (χ3v) is 1.34. The normalized spacial score (nSPS) is 11.4. The predicted octanol–water partition coefficient (Wildman–Crippen LogP) is 2.60. The van der Waals surface area contributed by atoms with Crippen LogP contribution >= 0.6 is 0 Å². The van der Waals surface area contributed by atoms with Gasteiger partial charge in [0.25, 0.3) is 0 Å². The molecule has 0 amide bonds. The lowest BCUT2D eigenvalue weighted by Crippen LogP contribution is -2.17. The van der Waals surface area contributed by atoms with Crippen molar-refractivity contribution in [3.05, 3.63) is 23.8 Å². The lowest BCUT2D eigenvalue weighted by Gasteiger charge is -2.10. The summed E-state index contributed by atoms with van der Waals surface area (Å²) in [6.07, 6.45) is -4.77. The van der Waals surface area contributed by atoms with Crippen molar-refractivity contribution in [2.24, 2.45) is 0 Å². The third kappa shape index (κ3) is 2.85. The van der Waals surface area contributed by atoms with Crippen molar-refractivity contribution in [3.8, 4) is 11.5 Å². The van der Waals surface area contributed by atoms with E-state index >= 15 is 0 Å². The zero-order valence-electron chi connectivity index (χ0n) is 6.72. The molecule has 72 valence electrons. The first-order valence-corrected chi connectivity index (χ1v) is 3.44. The van der Waals surface area contributed by atoms with Crippen molar-refractivity contribution in [1.82, 2.24) is 0 Å². The van der Waals surface area contributed by atoms with Crippen LogP contribution in [-0.4, -0.2) is 11.5 Å². The van der Waals surface area contributed by atoms with Gasteiger partial charge < -0.3 is 9.84 Å². The van der Waals surface area contributed by atoms with E-state index in [1.807, 2.05) is 0 Å². The second-order valence-corrected chi connectivity index (χ2v) is 2.52. The zero-order valence-corrected chi connectivity index (χ0v) is 6.72. The molecule has 0 aliphatic rings. The minimum absolute atomic E-state index is 0.525. The van der Waals surface area contributed by atoms with Crippen LogP contribution < -0.4 is 4.74 Å². The number of ether oxygens (including phenoxy) is 1. The van der Waals surface area contributed by atoms with Crippen LogP contribution in [0.5, 0.6) is 11.5 Å². The molecule has 1 rings (SSSR count). The van der Waals surface area contributed by atoms with Gasteiger partial charge in [-0.2, -0.15) is 0 Å². The molecule has 0 radical (unpaired) electrons. The SMILES string of the molecule is Cc1ccc(O)c(OC(F)(F)F)c1. The summed E-state index contributed by atoms with van der Waals surface area (Å²) in [5.41, 5.74) is 0.581. The van der Waals surface area contributed by atoms with E-state index in [2.05, 4.69) is 4.74 Å². The van der Waals surface area contributed by atoms with E-state index in [1.165, 1.54) is 6.07 Å². The summed E-state index contributed by atoms with van der Waals surface area (Å²) >= 11 is 0. The topological polar surface area (TPSA) is 29.5 Å². The molecule has 13 heavy (non-hydrogen) atoms. The molecule has 1 N–H and O–H groups in total. The molecule has 0 spiro atoms. The largest absolute Gasteiger partial charge is 0.573 e. The summed E-state index contributed by atoms with van der Waals surface area (Å²) in [6, 6.07) is 3.75. The number of alkyl halides is 3. The molecule has 0 heterocycles. The van der Waals surface area contributed by atoms with E-state index in [0.29, 0.717) is 5.56 Å². The van der Waals surface area contributed by atoms with E-state index in [1.54, 1.807) is 6.92 Å². The third-order valence-electron chi connectivity index (χ3n) is 1.34. The van der Waals surface area contributed by atoms with Crippen LogP contribution in [0.25, 0.3) is 0 Å². The van der Waals surface area contributed by atoms with Crippen LogP contribution in [0, 0.1) is 6.92 Å².